The summed E-state index contributed by atoms with van der Waals surface area (Å²) in [5.74, 6) is -2.57. The number of nitrogens with one attached hydrogen (secondary N) is 3. The van der Waals surface area contributed by atoms with E-state index in [1.807, 2.05) is 20.0 Å². The lowest BCUT2D eigenvalue weighted by Crippen LogP contribution is -2.22. The van der Waals surface area contributed by atoms with E-state index in [2.05, 4.69) is 25.9 Å². The number of hydrogen-bond acceptors (Lipinski definition) is 6. The SMILES string of the molecule is CCn1ccc2c(c(Nc3ccnc(Nc4ncc(F)cc4F)c3C(=O)NC)cn2C)c1=O. The van der Waals surface area contributed by atoms with Crippen LogP contribution in [0.5, 0.6) is 0 Å². The molecule has 0 radical (unpaired) electrons. The third-order valence-corrected chi connectivity index (χ3v) is 5.18. The Morgan fingerprint density at radius 2 is 1.91 bits per heavy atom. The molecule has 0 aliphatic rings. The van der Waals surface area contributed by atoms with Crippen LogP contribution in [0.1, 0.15) is 17.3 Å². The van der Waals surface area contributed by atoms with Gasteiger partial charge in [0.25, 0.3) is 11.5 Å². The quantitative estimate of drug-likeness (QED) is 0.414. The predicted octanol–water partition coefficient (Wildman–Crippen LogP) is 3.27. The van der Waals surface area contributed by atoms with Gasteiger partial charge in [0, 0.05) is 45.3 Å². The Morgan fingerprint density at radius 3 is 2.61 bits per heavy atom. The van der Waals surface area contributed by atoms with Crippen molar-refractivity contribution in [2.45, 2.75) is 13.5 Å². The molecule has 0 fully saturated rings. The molecule has 1 amide bonds. The van der Waals surface area contributed by atoms with Crippen LogP contribution < -0.4 is 21.5 Å². The maximum Gasteiger partial charge on any atom is 0.262 e. The maximum absolute atomic E-state index is 14.1. The van der Waals surface area contributed by atoms with Crippen molar-refractivity contribution in [3.05, 3.63) is 70.5 Å². The number of rotatable bonds is 6. The molecule has 33 heavy (non-hydrogen) atoms. The molecule has 0 aromatic carbocycles. The van der Waals surface area contributed by atoms with Gasteiger partial charge in [-0.1, -0.05) is 0 Å². The first-order chi connectivity index (χ1) is 15.8. The molecule has 11 heteroatoms. The zero-order valence-electron chi connectivity index (χ0n) is 18.1. The number of carbonyl (C=O) groups is 1. The Balaban J connectivity index is 1.83. The van der Waals surface area contributed by atoms with Crippen LogP contribution in [0.4, 0.5) is 31.8 Å². The Labute approximate surface area is 187 Å². The van der Waals surface area contributed by atoms with Crippen molar-refractivity contribution in [1.82, 2.24) is 24.4 Å². The minimum Gasteiger partial charge on any atom is -0.355 e. The van der Waals surface area contributed by atoms with E-state index in [0.717, 1.165) is 11.7 Å². The maximum atomic E-state index is 14.1. The second kappa shape index (κ2) is 8.69. The zero-order chi connectivity index (χ0) is 23.7. The van der Waals surface area contributed by atoms with Crippen molar-refractivity contribution in [3.63, 3.8) is 0 Å². The van der Waals surface area contributed by atoms with Gasteiger partial charge in [-0.2, -0.15) is 0 Å². The molecule has 0 saturated heterocycles. The summed E-state index contributed by atoms with van der Waals surface area (Å²) in [6, 6.07) is 4.07. The van der Waals surface area contributed by atoms with Crippen LogP contribution in [0.25, 0.3) is 10.9 Å². The number of amides is 1. The Bertz CT molecular complexity index is 1430. The summed E-state index contributed by atoms with van der Waals surface area (Å²) in [6.07, 6.45) is 5.73. The molecule has 3 N–H and O–H groups in total. The summed E-state index contributed by atoms with van der Waals surface area (Å²) in [5.41, 5.74) is 1.43. The number of hydrogen-bond donors (Lipinski definition) is 3. The highest BCUT2D eigenvalue weighted by Gasteiger charge is 2.21. The van der Waals surface area contributed by atoms with Crippen LogP contribution >= 0.6 is 0 Å². The Kier molecular flexibility index (Phi) is 5.78. The van der Waals surface area contributed by atoms with Gasteiger partial charge in [0.2, 0.25) is 0 Å². The highest BCUT2D eigenvalue weighted by Crippen LogP contribution is 2.31. The number of anilines is 4. The molecule has 0 saturated carbocycles. The smallest absolute Gasteiger partial charge is 0.262 e. The first kappa shape index (κ1) is 21.9. The van der Waals surface area contributed by atoms with E-state index in [1.165, 1.54) is 13.2 Å². The highest BCUT2D eigenvalue weighted by molar-refractivity contribution is 6.06. The average molecular weight is 453 g/mol. The van der Waals surface area contributed by atoms with Crippen LogP contribution in [0.15, 0.2) is 47.8 Å². The third-order valence-electron chi connectivity index (χ3n) is 5.18. The molecule has 170 valence electrons. The summed E-state index contributed by atoms with van der Waals surface area (Å²) in [6.45, 7) is 2.38. The van der Waals surface area contributed by atoms with Gasteiger partial charge in [-0.15, -0.1) is 0 Å². The standard InChI is InChI=1S/C22H21F2N7O2/c1-4-31-8-6-16-17(22(31)33)15(11-30(16)3)28-14-5-7-26-20(18(14)21(32)25-2)29-19-13(24)9-12(23)10-27-19/h5-11H,4H2,1-3H3,(H,25,32)(H2,26,27,28,29). The molecule has 0 spiro atoms. The van der Waals surface area contributed by atoms with Gasteiger partial charge in [-0.3, -0.25) is 9.59 Å². The van der Waals surface area contributed by atoms with Gasteiger partial charge in [0.15, 0.2) is 11.6 Å². The first-order valence-corrected chi connectivity index (χ1v) is 10.1. The largest absolute Gasteiger partial charge is 0.355 e. The van der Waals surface area contributed by atoms with E-state index < -0.39 is 17.5 Å². The third kappa shape index (κ3) is 4.00. The fourth-order valence-electron chi connectivity index (χ4n) is 3.56. The van der Waals surface area contributed by atoms with Crippen molar-refractivity contribution in [3.8, 4) is 0 Å². The fraction of sp³-hybridized carbons (Fsp3) is 0.182. The van der Waals surface area contributed by atoms with Gasteiger partial charge in [-0.25, -0.2) is 18.7 Å². The van der Waals surface area contributed by atoms with Gasteiger partial charge < -0.3 is 25.1 Å². The van der Waals surface area contributed by atoms with Crippen LogP contribution in [0.2, 0.25) is 0 Å². The van der Waals surface area contributed by atoms with Gasteiger partial charge in [-0.05, 0) is 19.1 Å². The lowest BCUT2D eigenvalue weighted by atomic mass is 10.1. The normalized spacial score (nSPS) is 10.9. The Hall–Kier alpha value is -4.28. The van der Waals surface area contributed by atoms with E-state index in [1.54, 1.807) is 27.6 Å². The van der Waals surface area contributed by atoms with Gasteiger partial charge in [0.05, 0.1) is 28.5 Å². The molecule has 0 bridgehead atoms. The van der Waals surface area contributed by atoms with Crippen molar-refractivity contribution in [2.24, 2.45) is 7.05 Å². The van der Waals surface area contributed by atoms with E-state index in [0.29, 0.717) is 29.4 Å². The molecular weight excluding hydrogens is 432 g/mol. The van der Waals surface area contributed by atoms with Crippen molar-refractivity contribution in [1.29, 1.82) is 0 Å². The van der Waals surface area contributed by atoms with Crippen LogP contribution in [-0.4, -0.2) is 32.1 Å². The number of carbonyl (C=O) groups excluding carboxylic acids is 1. The van der Waals surface area contributed by atoms with Gasteiger partial charge >= 0.3 is 0 Å². The lowest BCUT2D eigenvalue weighted by molar-refractivity contribution is 0.0964. The predicted molar refractivity (Wildman–Crippen MR) is 121 cm³/mol. The van der Waals surface area contributed by atoms with E-state index in [9.17, 15) is 18.4 Å². The summed E-state index contributed by atoms with van der Waals surface area (Å²) in [7, 11) is 3.25. The summed E-state index contributed by atoms with van der Waals surface area (Å²) in [5, 5.41) is 8.78. The molecule has 4 aromatic rings. The molecule has 0 unspecified atom stereocenters. The number of aryl methyl sites for hydroxylation is 2. The van der Waals surface area contributed by atoms with Crippen LogP contribution in [-0.2, 0) is 13.6 Å². The molecule has 0 atom stereocenters. The second-order valence-corrected chi connectivity index (χ2v) is 7.22. The average Bonchev–Trinajstić information content (AvgIpc) is 3.11. The first-order valence-electron chi connectivity index (χ1n) is 10.1. The molecule has 0 aliphatic carbocycles. The number of halogens is 2. The summed E-state index contributed by atoms with van der Waals surface area (Å²) in [4.78, 5) is 33.5. The van der Waals surface area contributed by atoms with Crippen molar-refractivity contribution < 1.29 is 13.6 Å². The number of nitrogens with zero attached hydrogens (tertiary/aromatic N) is 4. The number of pyridine rings is 3. The highest BCUT2D eigenvalue weighted by atomic mass is 19.1. The van der Waals surface area contributed by atoms with Crippen LogP contribution in [0, 0.1) is 11.6 Å². The minimum atomic E-state index is -0.938. The molecule has 4 heterocycles. The van der Waals surface area contributed by atoms with E-state index >= 15 is 0 Å². The topological polar surface area (TPSA) is 106 Å². The molecular formula is C22H21F2N7O2. The van der Waals surface area contributed by atoms with E-state index in [4.69, 9.17) is 0 Å². The Morgan fingerprint density at radius 1 is 1.12 bits per heavy atom. The zero-order valence-corrected chi connectivity index (χ0v) is 18.1. The number of fused-ring (bicyclic) bond motifs is 1. The summed E-state index contributed by atoms with van der Waals surface area (Å²) < 4.78 is 30.7. The van der Waals surface area contributed by atoms with Crippen LogP contribution in [0.3, 0.4) is 0 Å². The minimum absolute atomic E-state index is 0.00330. The summed E-state index contributed by atoms with van der Waals surface area (Å²) >= 11 is 0. The molecule has 4 aromatic heterocycles. The molecule has 4 rings (SSSR count). The molecule has 0 aliphatic heterocycles. The molecule has 9 nitrogen and oxygen atoms in total. The van der Waals surface area contributed by atoms with Crippen molar-refractivity contribution in [2.75, 3.05) is 17.7 Å². The second-order valence-electron chi connectivity index (χ2n) is 7.22. The van der Waals surface area contributed by atoms with E-state index in [-0.39, 0.29) is 22.8 Å². The van der Waals surface area contributed by atoms with Gasteiger partial charge in [0.1, 0.15) is 17.2 Å². The monoisotopic (exact) mass is 453 g/mol. The number of aromatic nitrogens is 4. The van der Waals surface area contributed by atoms with Crippen molar-refractivity contribution >= 4 is 39.8 Å². The fourth-order valence-corrected chi connectivity index (χ4v) is 3.56. The lowest BCUT2D eigenvalue weighted by Gasteiger charge is -2.15.